The van der Waals surface area contributed by atoms with Gasteiger partial charge in [0, 0.05) is 6.54 Å². The van der Waals surface area contributed by atoms with Crippen LogP contribution < -0.4 is 5.32 Å². The Morgan fingerprint density at radius 2 is 2.27 bits per heavy atom. The Kier molecular flexibility index (Phi) is 9.00. The quantitative estimate of drug-likeness (QED) is 0.532. The molecule has 0 unspecified atom stereocenters. The van der Waals surface area contributed by atoms with Gasteiger partial charge in [-0.3, -0.25) is 0 Å². The second kappa shape index (κ2) is 9.46. The van der Waals surface area contributed by atoms with Crippen LogP contribution in [0.25, 0.3) is 0 Å². The van der Waals surface area contributed by atoms with Crippen molar-refractivity contribution in [2.75, 3.05) is 26.4 Å². The number of aliphatic hydroxyl groups is 1. The van der Waals surface area contributed by atoms with Gasteiger partial charge in [-0.1, -0.05) is 13.0 Å². The highest BCUT2D eigenvalue weighted by Gasteiger charge is 1.82. The summed E-state index contributed by atoms with van der Waals surface area (Å²) in [6.07, 6.45) is 5.01. The summed E-state index contributed by atoms with van der Waals surface area (Å²) in [4.78, 5) is 0. The van der Waals surface area contributed by atoms with E-state index in [2.05, 4.69) is 12.2 Å². The number of ether oxygens (including phenoxy) is 1. The highest BCUT2D eigenvalue weighted by Crippen LogP contribution is 1.76. The lowest BCUT2D eigenvalue weighted by Crippen LogP contribution is -2.14. The molecule has 0 bridgehead atoms. The zero-order chi connectivity index (χ0) is 8.36. The van der Waals surface area contributed by atoms with Crippen molar-refractivity contribution in [1.82, 2.24) is 5.32 Å². The second-order valence-electron chi connectivity index (χ2n) is 2.10. The Hall–Kier alpha value is -0.540. The second-order valence-corrected chi connectivity index (χ2v) is 2.10. The molecule has 0 amide bonds. The smallest absolute Gasteiger partial charge is 0.0698 e. The molecule has 0 heterocycles. The maximum Gasteiger partial charge on any atom is 0.0698 e. The molecule has 3 nitrogen and oxygen atoms in total. The first-order chi connectivity index (χ1) is 5.41. The van der Waals surface area contributed by atoms with Crippen LogP contribution in [0.5, 0.6) is 0 Å². The van der Waals surface area contributed by atoms with E-state index in [0.29, 0.717) is 13.2 Å². The third kappa shape index (κ3) is 9.46. The first-order valence-electron chi connectivity index (χ1n) is 3.98. The SMILES string of the molecule is CC/C=C/NCCOCCO. The van der Waals surface area contributed by atoms with Gasteiger partial charge in [0.1, 0.15) is 0 Å². The number of hydrogen-bond donors (Lipinski definition) is 2. The van der Waals surface area contributed by atoms with Crippen LogP contribution in [0.3, 0.4) is 0 Å². The predicted molar refractivity (Wildman–Crippen MR) is 45.3 cm³/mol. The zero-order valence-electron chi connectivity index (χ0n) is 7.05. The predicted octanol–water partition coefficient (Wildman–Crippen LogP) is 0.509. The molecule has 0 aromatic carbocycles. The van der Waals surface area contributed by atoms with Crippen molar-refractivity contribution in [2.24, 2.45) is 0 Å². The molecule has 0 aromatic heterocycles. The van der Waals surface area contributed by atoms with E-state index in [9.17, 15) is 0 Å². The van der Waals surface area contributed by atoms with Crippen molar-refractivity contribution < 1.29 is 9.84 Å². The highest BCUT2D eigenvalue weighted by molar-refractivity contribution is 4.76. The van der Waals surface area contributed by atoms with Crippen LogP contribution in [-0.2, 0) is 4.74 Å². The average Bonchev–Trinajstić information content (AvgIpc) is 2.03. The molecule has 0 aliphatic carbocycles. The number of nitrogens with one attached hydrogen (secondary N) is 1. The van der Waals surface area contributed by atoms with Gasteiger partial charge in [-0.05, 0) is 12.6 Å². The van der Waals surface area contributed by atoms with E-state index in [4.69, 9.17) is 9.84 Å². The van der Waals surface area contributed by atoms with Crippen LogP contribution in [0, 0.1) is 0 Å². The van der Waals surface area contributed by atoms with Gasteiger partial charge >= 0.3 is 0 Å². The summed E-state index contributed by atoms with van der Waals surface area (Å²) < 4.78 is 5.02. The third-order valence-corrected chi connectivity index (χ3v) is 1.10. The van der Waals surface area contributed by atoms with Crippen LogP contribution in [0.1, 0.15) is 13.3 Å². The molecule has 0 saturated heterocycles. The first-order valence-corrected chi connectivity index (χ1v) is 3.98. The van der Waals surface area contributed by atoms with Gasteiger partial charge in [-0.15, -0.1) is 0 Å². The normalized spacial score (nSPS) is 10.7. The minimum Gasteiger partial charge on any atom is -0.394 e. The van der Waals surface area contributed by atoms with Crippen LogP contribution in [-0.4, -0.2) is 31.5 Å². The van der Waals surface area contributed by atoms with E-state index in [1.165, 1.54) is 0 Å². The van der Waals surface area contributed by atoms with Crippen molar-refractivity contribution in [3.05, 3.63) is 12.3 Å². The fraction of sp³-hybridized carbons (Fsp3) is 0.750. The topological polar surface area (TPSA) is 41.5 Å². The van der Waals surface area contributed by atoms with Gasteiger partial charge in [-0.2, -0.15) is 0 Å². The molecule has 0 aliphatic heterocycles. The van der Waals surface area contributed by atoms with E-state index in [1.807, 2.05) is 12.3 Å². The molecule has 0 atom stereocenters. The molecular weight excluding hydrogens is 142 g/mol. The summed E-state index contributed by atoms with van der Waals surface area (Å²) >= 11 is 0. The van der Waals surface area contributed by atoms with Crippen molar-refractivity contribution in [3.63, 3.8) is 0 Å². The summed E-state index contributed by atoms with van der Waals surface area (Å²) in [5, 5.41) is 11.4. The van der Waals surface area contributed by atoms with E-state index in [1.54, 1.807) is 0 Å². The van der Waals surface area contributed by atoms with Crippen molar-refractivity contribution >= 4 is 0 Å². The maximum absolute atomic E-state index is 8.35. The summed E-state index contributed by atoms with van der Waals surface area (Å²) in [5.41, 5.74) is 0. The van der Waals surface area contributed by atoms with Crippen LogP contribution in [0.15, 0.2) is 12.3 Å². The lowest BCUT2D eigenvalue weighted by atomic mass is 10.5. The minimum atomic E-state index is 0.102. The molecule has 66 valence electrons. The molecule has 0 saturated carbocycles. The number of allylic oxidation sites excluding steroid dienone is 1. The number of hydrogen-bond acceptors (Lipinski definition) is 3. The standard InChI is InChI=1S/C8H17NO2/c1-2-3-4-9-5-7-11-8-6-10/h3-4,9-10H,2,5-8H2,1H3/b4-3+. The molecule has 2 N–H and O–H groups in total. The summed E-state index contributed by atoms with van der Waals surface area (Å²) in [6.45, 7) is 4.07. The van der Waals surface area contributed by atoms with Crippen molar-refractivity contribution in [2.45, 2.75) is 13.3 Å². The Morgan fingerprint density at radius 1 is 1.45 bits per heavy atom. The van der Waals surface area contributed by atoms with Crippen molar-refractivity contribution in [3.8, 4) is 0 Å². The molecule has 0 aliphatic rings. The summed E-state index contributed by atoms with van der Waals surface area (Å²) in [5.74, 6) is 0. The molecular formula is C8H17NO2. The molecule has 0 spiro atoms. The monoisotopic (exact) mass is 159 g/mol. The van der Waals surface area contributed by atoms with Gasteiger partial charge in [0.25, 0.3) is 0 Å². The van der Waals surface area contributed by atoms with Gasteiger partial charge in [0.2, 0.25) is 0 Å². The van der Waals surface area contributed by atoms with Crippen molar-refractivity contribution in [1.29, 1.82) is 0 Å². The van der Waals surface area contributed by atoms with Gasteiger partial charge < -0.3 is 15.2 Å². The third-order valence-electron chi connectivity index (χ3n) is 1.10. The molecule has 0 radical (unpaired) electrons. The van der Waals surface area contributed by atoms with Crippen LogP contribution >= 0.6 is 0 Å². The average molecular weight is 159 g/mol. The van der Waals surface area contributed by atoms with Crippen LogP contribution in [0.4, 0.5) is 0 Å². The first kappa shape index (κ1) is 10.5. The molecule has 3 heteroatoms. The molecule has 11 heavy (non-hydrogen) atoms. The largest absolute Gasteiger partial charge is 0.394 e. The minimum absolute atomic E-state index is 0.102. The lowest BCUT2D eigenvalue weighted by Gasteiger charge is -2.00. The summed E-state index contributed by atoms with van der Waals surface area (Å²) in [7, 11) is 0. The fourth-order valence-electron chi connectivity index (χ4n) is 0.582. The van der Waals surface area contributed by atoms with E-state index in [-0.39, 0.29) is 6.61 Å². The Balaban J connectivity index is 2.85. The zero-order valence-corrected chi connectivity index (χ0v) is 7.05. The van der Waals surface area contributed by atoms with Gasteiger partial charge in [0.15, 0.2) is 0 Å². The Morgan fingerprint density at radius 3 is 2.91 bits per heavy atom. The fourth-order valence-corrected chi connectivity index (χ4v) is 0.582. The highest BCUT2D eigenvalue weighted by atomic mass is 16.5. The molecule has 0 rings (SSSR count). The Labute approximate surface area is 68.1 Å². The lowest BCUT2D eigenvalue weighted by molar-refractivity contribution is 0.0953. The number of aliphatic hydroxyl groups excluding tert-OH is 1. The molecule has 0 fully saturated rings. The van der Waals surface area contributed by atoms with E-state index < -0.39 is 0 Å². The van der Waals surface area contributed by atoms with Crippen LogP contribution in [0.2, 0.25) is 0 Å². The van der Waals surface area contributed by atoms with Gasteiger partial charge in [-0.25, -0.2) is 0 Å². The van der Waals surface area contributed by atoms with E-state index >= 15 is 0 Å². The summed E-state index contributed by atoms with van der Waals surface area (Å²) in [6, 6.07) is 0. The van der Waals surface area contributed by atoms with Gasteiger partial charge in [0.05, 0.1) is 19.8 Å². The van der Waals surface area contributed by atoms with E-state index in [0.717, 1.165) is 13.0 Å². The molecule has 0 aromatic rings. The Bertz CT molecular complexity index is 94.1. The number of rotatable bonds is 7. The maximum atomic E-state index is 8.35.